The van der Waals surface area contributed by atoms with Gasteiger partial charge in [0.05, 0.1) is 12.4 Å². The van der Waals surface area contributed by atoms with Crippen LogP contribution in [-0.4, -0.2) is 75.0 Å². The molecule has 2 heterocycles. The van der Waals surface area contributed by atoms with Crippen LogP contribution in [0.4, 0.5) is 10.6 Å². The van der Waals surface area contributed by atoms with E-state index in [-0.39, 0.29) is 28.9 Å². The summed E-state index contributed by atoms with van der Waals surface area (Å²) in [6.45, 7) is 14.4. The molecule has 0 radical (unpaired) electrons. The van der Waals surface area contributed by atoms with Crippen molar-refractivity contribution in [1.29, 1.82) is 0 Å². The average Bonchev–Trinajstić information content (AvgIpc) is 2.77. The number of aromatic nitrogens is 2. The first kappa shape index (κ1) is 27.1. The fourth-order valence-electron chi connectivity index (χ4n) is 3.66. The predicted octanol–water partition coefficient (Wildman–Crippen LogP) is 3.31. The molecule has 1 aliphatic rings. The van der Waals surface area contributed by atoms with E-state index in [0.717, 1.165) is 5.56 Å². The fraction of sp³-hybridized carbons (Fsp3) is 0.500. The average molecular weight is 497 g/mol. The molecule has 0 saturated carbocycles. The van der Waals surface area contributed by atoms with E-state index >= 15 is 0 Å². The lowest BCUT2D eigenvalue weighted by Crippen LogP contribution is -2.48. The molecule has 3 rings (SSSR count). The van der Waals surface area contributed by atoms with Gasteiger partial charge in [0.1, 0.15) is 11.3 Å². The van der Waals surface area contributed by atoms with Crippen LogP contribution in [0.3, 0.4) is 0 Å². The SMILES string of the molecule is CC(C)(C)NC(=O)c1cccc(CN2CCN(C(=O)c3cnc(NC(=O)OC(C)(C)C)cn3)CC2)c1. The van der Waals surface area contributed by atoms with Crippen LogP contribution >= 0.6 is 0 Å². The second-order valence-corrected chi connectivity index (χ2v) is 10.9. The highest BCUT2D eigenvalue weighted by Crippen LogP contribution is 2.14. The molecule has 10 nitrogen and oxygen atoms in total. The lowest BCUT2D eigenvalue weighted by atomic mass is 10.1. The Balaban J connectivity index is 1.51. The summed E-state index contributed by atoms with van der Waals surface area (Å²) in [7, 11) is 0. The monoisotopic (exact) mass is 496 g/mol. The Kier molecular flexibility index (Phi) is 8.29. The van der Waals surface area contributed by atoms with Gasteiger partial charge in [-0.2, -0.15) is 0 Å². The van der Waals surface area contributed by atoms with Crippen LogP contribution in [0, 0.1) is 0 Å². The number of nitrogens with zero attached hydrogens (tertiary/aromatic N) is 4. The van der Waals surface area contributed by atoms with Gasteiger partial charge in [-0.05, 0) is 59.2 Å². The molecule has 2 aromatic rings. The van der Waals surface area contributed by atoms with Gasteiger partial charge in [0.2, 0.25) is 0 Å². The van der Waals surface area contributed by atoms with Gasteiger partial charge in [0.25, 0.3) is 11.8 Å². The molecule has 1 fully saturated rings. The minimum absolute atomic E-state index is 0.0896. The molecule has 0 unspecified atom stereocenters. The maximum atomic E-state index is 12.9. The number of rotatable bonds is 5. The molecule has 10 heteroatoms. The Labute approximate surface area is 212 Å². The van der Waals surface area contributed by atoms with E-state index in [9.17, 15) is 14.4 Å². The molecule has 1 aromatic heterocycles. The minimum atomic E-state index is -0.632. The molecular formula is C26H36N6O4. The number of amides is 3. The van der Waals surface area contributed by atoms with E-state index in [4.69, 9.17) is 4.74 Å². The van der Waals surface area contributed by atoms with Gasteiger partial charge in [-0.1, -0.05) is 12.1 Å². The van der Waals surface area contributed by atoms with Gasteiger partial charge in [-0.25, -0.2) is 14.8 Å². The van der Waals surface area contributed by atoms with Crippen molar-refractivity contribution in [3.05, 3.63) is 53.5 Å². The summed E-state index contributed by atoms with van der Waals surface area (Å²) in [4.78, 5) is 49.5. The maximum absolute atomic E-state index is 12.9. The number of benzene rings is 1. The topological polar surface area (TPSA) is 117 Å². The van der Waals surface area contributed by atoms with Crippen LogP contribution in [0.15, 0.2) is 36.7 Å². The Morgan fingerprint density at radius 2 is 1.67 bits per heavy atom. The summed E-state index contributed by atoms with van der Waals surface area (Å²) in [6.07, 6.45) is 2.07. The zero-order valence-electron chi connectivity index (χ0n) is 21.9. The molecular weight excluding hydrogens is 460 g/mol. The first-order chi connectivity index (χ1) is 16.8. The van der Waals surface area contributed by atoms with E-state index in [0.29, 0.717) is 38.3 Å². The molecule has 194 valence electrons. The number of hydrogen-bond donors (Lipinski definition) is 2. The standard InChI is InChI=1S/C26H36N6O4/c1-25(2,3)30-22(33)19-9-7-8-18(14-19)17-31-10-12-32(13-11-31)23(34)20-15-28-21(16-27-20)29-24(35)36-26(4,5)6/h7-9,14-16H,10-13,17H2,1-6H3,(H,30,33)(H,28,29,35). The van der Waals surface area contributed by atoms with Crippen molar-refractivity contribution in [2.24, 2.45) is 0 Å². The number of carbonyl (C=O) groups excluding carboxylic acids is 3. The zero-order chi connectivity index (χ0) is 26.5. The molecule has 2 N–H and O–H groups in total. The van der Waals surface area contributed by atoms with E-state index < -0.39 is 11.7 Å². The quantitative estimate of drug-likeness (QED) is 0.652. The third kappa shape index (κ3) is 8.30. The van der Waals surface area contributed by atoms with Crippen LogP contribution in [0.2, 0.25) is 0 Å². The normalized spacial score (nSPS) is 14.8. The summed E-state index contributed by atoms with van der Waals surface area (Å²) in [5.41, 5.74) is 0.986. The summed E-state index contributed by atoms with van der Waals surface area (Å²) in [5.74, 6) is -0.0796. The maximum Gasteiger partial charge on any atom is 0.413 e. The Hall–Kier alpha value is -3.53. The largest absolute Gasteiger partial charge is 0.444 e. The summed E-state index contributed by atoms with van der Waals surface area (Å²) in [6, 6.07) is 7.64. The molecule has 0 atom stereocenters. The van der Waals surface area contributed by atoms with Crippen molar-refractivity contribution in [1.82, 2.24) is 25.1 Å². The number of piperazine rings is 1. The van der Waals surface area contributed by atoms with Gasteiger partial charge in [0.15, 0.2) is 5.82 Å². The van der Waals surface area contributed by atoms with Crippen LogP contribution < -0.4 is 10.6 Å². The van der Waals surface area contributed by atoms with Crippen LogP contribution in [0.5, 0.6) is 0 Å². The number of anilines is 1. The smallest absolute Gasteiger partial charge is 0.413 e. The third-order valence-corrected chi connectivity index (χ3v) is 5.24. The first-order valence-electron chi connectivity index (χ1n) is 12.0. The second-order valence-electron chi connectivity index (χ2n) is 10.9. The van der Waals surface area contributed by atoms with Crippen molar-refractivity contribution >= 4 is 23.7 Å². The van der Waals surface area contributed by atoms with Gasteiger partial charge in [-0.15, -0.1) is 0 Å². The Morgan fingerprint density at radius 1 is 0.972 bits per heavy atom. The van der Waals surface area contributed by atoms with Crippen molar-refractivity contribution < 1.29 is 19.1 Å². The first-order valence-corrected chi connectivity index (χ1v) is 12.0. The minimum Gasteiger partial charge on any atom is -0.444 e. The van der Waals surface area contributed by atoms with Gasteiger partial charge in [0, 0.05) is 43.8 Å². The van der Waals surface area contributed by atoms with Crippen molar-refractivity contribution in [3.63, 3.8) is 0 Å². The molecule has 1 aromatic carbocycles. The molecule has 0 aliphatic carbocycles. The Morgan fingerprint density at radius 3 is 2.25 bits per heavy atom. The van der Waals surface area contributed by atoms with Crippen molar-refractivity contribution in [2.75, 3.05) is 31.5 Å². The summed E-state index contributed by atoms with van der Waals surface area (Å²) >= 11 is 0. The molecule has 1 aliphatic heterocycles. The van der Waals surface area contributed by atoms with Crippen LogP contribution in [0.1, 0.15) is 68.0 Å². The number of carbonyl (C=O) groups is 3. The van der Waals surface area contributed by atoms with Gasteiger partial charge < -0.3 is 15.0 Å². The van der Waals surface area contributed by atoms with E-state index in [1.807, 2.05) is 45.0 Å². The van der Waals surface area contributed by atoms with Crippen molar-refractivity contribution in [2.45, 2.75) is 59.2 Å². The van der Waals surface area contributed by atoms with Crippen molar-refractivity contribution in [3.8, 4) is 0 Å². The van der Waals surface area contributed by atoms with E-state index in [1.165, 1.54) is 12.4 Å². The number of nitrogens with one attached hydrogen (secondary N) is 2. The lowest BCUT2D eigenvalue weighted by Gasteiger charge is -2.34. The van der Waals surface area contributed by atoms with E-state index in [2.05, 4.69) is 25.5 Å². The highest BCUT2D eigenvalue weighted by Gasteiger charge is 2.24. The van der Waals surface area contributed by atoms with Crippen LogP contribution in [0.25, 0.3) is 0 Å². The molecule has 1 saturated heterocycles. The number of ether oxygens (including phenoxy) is 1. The molecule has 0 spiro atoms. The van der Waals surface area contributed by atoms with E-state index in [1.54, 1.807) is 25.7 Å². The zero-order valence-corrected chi connectivity index (χ0v) is 21.9. The highest BCUT2D eigenvalue weighted by atomic mass is 16.6. The number of hydrogen-bond acceptors (Lipinski definition) is 7. The van der Waals surface area contributed by atoms with Crippen LogP contribution in [-0.2, 0) is 11.3 Å². The second kappa shape index (κ2) is 11.0. The van der Waals surface area contributed by atoms with Gasteiger partial charge >= 0.3 is 6.09 Å². The molecule has 0 bridgehead atoms. The molecule has 3 amide bonds. The molecule has 36 heavy (non-hydrogen) atoms. The summed E-state index contributed by atoms with van der Waals surface area (Å²) in [5, 5.41) is 5.49. The fourth-order valence-corrected chi connectivity index (χ4v) is 3.66. The third-order valence-electron chi connectivity index (χ3n) is 5.24. The summed E-state index contributed by atoms with van der Waals surface area (Å²) < 4.78 is 5.19. The predicted molar refractivity (Wildman–Crippen MR) is 137 cm³/mol. The lowest BCUT2D eigenvalue weighted by molar-refractivity contribution is 0.0620. The Bertz CT molecular complexity index is 1080. The highest BCUT2D eigenvalue weighted by molar-refractivity contribution is 5.94. The van der Waals surface area contributed by atoms with Gasteiger partial charge in [-0.3, -0.25) is 19.8 Å².